The van der Waals surface area contributed by atoms with Crippen molar-refractivity contribution >= 4 is 17.5 Å². The van der Waals surface area contributed by atoms with Crippen LogP contribution in [-0.4, -0.2) is 12.0 Å². The largest absolute Gasteiger partial charge is 0.489 e. The quantitative estimate of drug-likeness (QED) is 0.582. The summed E-state index contributed by atoms with van der Waals surface area (Å²) < 4.78 is 32.2. The van der Waals surface area contributed by atoms with E-state index in [-0.39, 0.29) is 12.2 Å². The molecule has 2 aromatic rings. The van der Waals surface area contributed by atoms with Crippen molar-refractivity contribution in [1.82, 2.24) is 5.43 Å². The fourth-order valence-corrected chi connectivity index (χ4v) is 2.01. The molecule has 0 spiro atoms. The van der Waals surface area contributed by atoms with E-state index in [1.54, 1.807) is 12.1 Å². The van der Waals surface area contributed by atoms with Crippen LogP contribution >= 0.6 is 11.8 Å². The van der Waals surface area contributed by atoms with Gasteiger partial charge < -0.3 is 4.74 Å². The number of rotatable bonds is 7. The van der Waals surface area contributed by atoms with Crippen LogP contribution in [0.2, 0.25) is 0 Å². The smallest absolute Gasteiger partial charge is 0.165 e. The Kier molecular flexibility index (Phi) is 6.37. The minimum atomic E-state index is -0.878. The summed E-state index contributed by atoms with van der Waals surface area (Å²) in [6.45, 7) is 5.62. The van der Waals surface area contributed by atoms with Gasteiger partial charge in [-0.1, -0.05) is 18.7 Å². The van der Waals surface area contributed by atoms with Gasteiger partial charge in [-0.2, -0.15) is 5.10 Å². The van der Waals surface area contributed by atoms with Crippen molar-refractivity contribution in [3.8, 4) is 5.75 Å². The van der Waals surface area contributed by atoms with Crippen molar-refractivity contribution in [2.75, 3.05) is 6.26 Å². The lowest BCUT2D eigenvalue weighted by Crippen LogP contribution is -2.06. The van der Waals surface area contributed by atoms with Crippen molar-refractivity contribution in [3.05, 3.63) is 76.8 Å². The van der Waals surface area contributed by atoms with Crippen LogP contribution in [0.1, 0.15) is 18.1 Å². The molecule has 6 heteroatoms. The molecule has 0 saturated carbocycles. The van der Waals surface area contributed by atoms with Crippen molar-refractivity contribution in [2.45, 2.75) is 13.5 Å². The van der Waals surface area contributed by atoms with E-state index in [4.69, 9.17) is 4.74 Å². The number of halogens is 2. The van der Waals surface area contributed by atoms with Crippen molar-refractivity contribution < 1.29 is 13.5 Å². The van der Waals surface area contributed by atoms with E-state index in [9.17, 15) is 8.78 Å². The maximum Gasteiger partial charge on any atom is 0.165 e. The minimum absolute atomic E-state index is 0.0366. The van der Waals surface area contributed by atoms with Crippen LogP contribution in [0.5, 0.6) is 5.75 Å². The average molecular weight is 348 g/mol. The normalized spacial score (nSPS) is 11.2. The predicted molar refractivity (Wildman–Crippen MR) is 95.1 cm³/mol. The molecule has 2 rings (SSSR count). The number of nitrogens with zero attached hydrogens (tertiary/aromatic N) is 1. The highest BCUT2D eigenvalue weighted by Gasteiger charge is 2.08. The van der Waals surface area contributed by atoms with Gasteiger partial charge in [0.05, 0.1) is 10.7 Å². The SMILES string of the molecule is C=C(N/N=C(\C)c1ccc(OCc2cccc(F)c2F)cc1)SC. The third kappa shape index (κ3) is 4.83. The molecule has 0 aliphatic rings. The van der Waals surface area contributed by atoms with Gasteiger partial charge in [0, 0.05) is 5.56 Å². The van der Waals surface area contributed by atoms with Crippen LogP contribution in [0.15, 0.2) is 59.2 Å². The summed E-state index contributed by atoms with van der Waals surface area (Å²) in [5, 5.41) is 4.98. The molecule has 0 amide bonds. The Hall–Kier alpha value is -2.34. The lowest BCUT2D eigenvalue weighted by atomic mass is 10.1. The minimum Gasteiger partial charge on any atom is -0.489 e. The fraction of sp³-hybridized carbons (Fsp3) is 0.167. The maximum atomic E-state index is 13.6. The summed E-state index contributed by atoms with van der Waals surface area (Å²) in [5.74, 6) is -1.19. The van der Waals surface area contributed by atoms with Crippen molar-refractivity contribution in [2.24, 2.45) is 5.10 Å². The molecular weight excluding hydrogens is 330 g/mol. The summed E-state index contributed by atoms with van der Waals surface area (Å²) in [4.78, 5) is 0. The molecule has 0 unspecified atom stereocenters. The van der Waals surface area contributed by atoms with E-state index in [1.165, 1.54) is 23.9 Å². The van der Waals surface area contributed by atoms with Gasteiger partial charge in [0.1, 0.15) is 12.4 Å². The average Bonchev–Trinajstić information content (AvgIpc) is 2.61. The van der Waals surface area contributed by atoms with E-state index in [2.05, 4.69) is 17.1 Å². The van der Waals surface area contributed by atoms with Gasteiger partial charge in [-0.3, -0.25) is 5.43 Å². The van der Waals surface area contributed by atoms with E-state index < -0.39 is 11.6 Å². The summed E-state index contributed by atoms with van der Waals surface area (Å²) in [6, 6.07) is 11.2. The number of nitrogens with one attached hydrogen (secondary N) is 1. The Labute approximate surface area is 144 Å². The van der Waals surface area contributed by atoms with Gasteiger partial charge >= 0.3 is 0 Å². The molecule has 0 aliphatic heterocycles. The highest BCUT2D eigenvalue weighted by Crippen LogP contribution is 2.17. The molecule has 24 heavy (non-hydrogen) atoms. The van der Waals surface area contributed by atoms with E-state index in [0.717, 1.165) is 22.4 Å². The second-order valence-electron chi connectivity index (χ2n) is 4.96. The van der Waals surface area contributed by atoms with Gasteiger partial charge in [0.25, 0.3) is 0 Å². The Morgan fingerprint density at radius 1 is 1.21 bits per heavy atom. The van der Waals surface area contributed by atoms with Gasteiger partial charge in [0.15, 0.2) is 11.6 Å². The summed E-state index contributed by atoms with van der Waals surface area (Å²) in [6.07, 6.45) is 1.91. The third-order valence-electron chi connectivity index (χ3n) is 3.29. The first-order valence-corrected chi connectivity index (χ1v) is 8.43. The lowest BCUT2D eigenvalue weighted by Gasteiger charge is -2.09. The second kappa shape index (κ2) is 8.49. The summed E-state index contributed by atoms with van der Waals surface area (Å²) >= 11 is 1.48. The number of ether oxygens (including phenoxy) is 1. The number of hydrogen-bond acceptors (Lipinski definition) is 4. The number of hydrazone groups is 1. The Balaban J connectivity index is 1.99. The van der Waals surface area contributed by atoms with Crippen LogP contribution in [0.25, 0.3) is 0 Å². The van der Waals surface area contributed by atoms with Crippen LogP contribution < -0.4 is 10.2 Å². The third-order valence-corrected chi connectivity index (χ3v) is 3.88. The molecule has 0 heterocycles. The zero-order valence-corrected chi connectivity index (χ0v) is 14.3. The molecule has 0 aliphatic carbocycles. The molecule has 0 saturated heterocycles. The van der Waals surface area contributed by atoms with Gasteiger partial charge in [-0.05, 0) is 49.1 Å². The van der Waals surface area contributed by atoms with Crippen LogP contribution in [0.4, 0.5) is 8.78 Å². The highest BCUT2D eigenvalue weighted by atomic mass is 32.2. The molecule has 0 atom stereocenters. The molecular formula is C18H18F2N2OS. The molecule has 1 N–H and O–H groups in total. The topological polar surface area (TPSA) is 33.6 Å². The molecule has 0 fully saturated rings. The van der Waals surface area contributed by atoms with E-state index >= 15 is 0 Å². The Morgan fingerprint density at radius 2 is 1.92 bits per heavy atom. The van der Waals surface area contributed by atoms with Gasteiger partial charge in [0.2, 0.25) is 0 Å². The molecule has 126 valence electrons. The zero-order valence-electron chi connectivity index (χ0n) is 13.5. The molecule has 3 nitrogen and oxygen atoms in total. The molecule has 0 aromatic heterocycles. The van der Waals surface area contributed by atoms with Crippen LogP contribution in [-0.2, 0) is 6.61 Å². The second-order valence-corrected chi connectivity index (χ2v) is 5.86. The first kappa shape index (κ1) is 18.0. The fourth-order valence-electron chi connectivity index (χ4n) is 1.87. The number of thioether (sulfide) groups is 1. The number of benzene rings is 2. The standard InChI is InChI=1S/C18H18F2N2OS/c1-12(21-22-13(2)24-3)14-7-9-16(10-8-14)23-11-15-5-4-6-17(19)18(15)20/h4-10,22H,2,11H2,1,3H3/b21-12+. The van der Waals surface area contributed by atoms with Crippen molar-refractivity contribution in [3.63, 3.8) is 0 Å². The zero-order chi connectivity index (χ0) is 17.5. The molecule has 2 aromatic carbocycles. The summed E-state index contributed by atoms with van der Waals surface area (Å²) in [5.41, 5.74) is 4.75. The van der Waals surface area contributed by atoms with Gasteiger partial charge in [-0.25, -0.2) is 8.78 Å². The van der Waals surface area contributed by atoms with Crippen LogP contribution in [0, 0.1) is 11.6 Å². The summed E-state index contributed by atoms with van der Waals surface area (Å²) in [7, 11) is 0. The first-order valence-electron chi connectivity index (χ1n) is 7.20. The Bertz CT molecular complexity index is 745. The molecule has 0 bridgehead atoms. The Morgan fingerprint density at radius 3 is 2.58 bits per heavy atom. The lowest BCUT2D eigenvalue weighted by molar-refractivity contribution is 0.297. The predicted octanol–water partition coefficient (Wildman–Crippen LogP) is 4.69. The molecule has 0 radical (unpaired) electrons. The van der Waals surface area contributed by atoms with Gasteiger partial charge in [-0.15, -0.1) is 11.8 Å². The van der Waals surface area contributed by atoms with Crippen molar-refractivity contribution in [1.29, 1.82) is 0 Å². The first-order chi connectivity index (χ1) is 11.5. The number of hydrogen-bond donors (Lipinski definition) is 1. The maximum absolute atomic E-state index is 13.6. The van der Waals surface area contributed by atoms with Crippen LogP contribution in [0.3, 0.4) is 0 Å². The van der Waals surface area contributed by atoms with E-state index in [0.29, 0.717) is 5.75 Å². The monoisotopic (exact) mass is 348 g/mol. The van der Waals surface area contributed by atoms with E-state index in [1.807, 2.05) is 25.3 Å². The highest BCUT2D eigenvalue weighted by molar-refractivity contribution is 8.02.